The van der Waals surface area contributed by atoms with Gasteiger partial charge >= 0.3 is 0 Å². The summed E-state index contributed by atoms with van der Waals surface area (Å²) in [5, 5.41) is -0.426. The molecular formula is C10H2Cl4O2. The van der Waals surface area contributed by atoms with Crippen LogP contribution in [0.25, 0.3) is 0 Å². The minimum absolute atomic E-state index is 0.00793. The van der Waals surface area contributed by atoms with Crippen LogP contribution in [-0.4, -0.2) is 11.6 Å². The lowest BCUT2D eigenvalue weighted by atomic mass is 9.94. The Morgan fingerprint density at radius 3 is 2.00 bits per heavy atom. The molecule has 0 aliphatic heterocycles. The fraction of sp³-hybridized carbons (Fsp3) is 0. The maximum absolute atomic E-state index is 11.8. The van der Waals surface area contributed by atoms with Gasteiger partial charge in [0.2, 0.25) is 11.6 Å². The Morgan fingerprint density at radius 2 is 1.38 bits per heavy atom. The first-order chi connectivity index (χ1) is 7.45. The number of hydrogen-bond acceptors (Lipinski definition) is 2. The molecule has 0 unspecified atom stereocenters. The van der Waals surface area contributed by atoms with E-state index in [-0.39, 0.29) is 31.2 Å². The maximum atomic E-state index is 11.8. The van der Waals surface area contributed by atoms with Gasteiger partial charge in [-0.05, 0) is 12.1 Å². The molecule has 16 heavy (non-hydrogen) atoms. The first-order valence-electron chi connectivity index (χ1n) is 4.07. The van der Waals surface area contributed by atoms with E-state index in [1.165, 1.54) is 12.1 Å². The standard InChI is InChI=1S/C10H2Cl4O2/c11-4-2-1-3-5(6(4)12)10(16)8(14)7(13)9(3)15/h1-2H. The van der Waals surface area contributed by atoms with E-state index in [0.717, 1.165) is 0 Å². The summed E-state index contributed by atoms with van der Waals surface area (Å²) >= 11 is 22.9. The summed E-state index contributed by atoms with van der Waals surface area (Å²) in [6.45, 7) is 0. The molecule has 0 aromatic heterocycles. The number of allylic oxidation sites excluding steroid dienone is 2. The van der Waals surface area contributed by atoms with Crippen LogP contribution < -0.4 is 0 Å². The molecule has 0 N–H and O–H groups in total. The van der Waals surface area contributed by atoms with Crippen molar-refractivity contribution >= 4 is 58.0 Å². The predicted molar refractivity (Wildman–Crippen MR) is 63.9 cm³/mol. The van der Waals surface area contributed by atoms with Crippen LogP contribution in [0.5, 0.6) is 0 Å². The van der Waals surface area contributed by atoms with Gasteiger partial charge in [0, 0.05) is 5.56 Å². The second-order valence-electron chi connectivity index (χ2n) is 3.07. The van der Waals surface area contributed by atoms with Crippen LogP contribution in [0.2, 0.25) is 10.0 Å². The van der Waals surface area contributed by atoms with Crippen molar-refractivity contribution in [3.8, 4) is 0 Å². The molecule has 0 atom stereocenters. The van der Waals surface area contributed by atoms with E-state index in [1.54, 1.807) is 0 Å². The summed E-state index contributed by atoms with van der Waals surface area (Å²) in [5.41, 5.74) is 0.127. The number of halogens is 4. The fourth-order valence-corrected chi connectivity index (χ4v) is 2.17. The highest BCUT2D eigenvalue weighted by Gasteiger charge is 2.32. The van der Waals surface area contributed by atoms with Crippen molar-refractivity contribution in [3.05, 3.63) is 43.4 Å². The van der Waals surface area contributed by atoms with Gasteiger partial charge in [0.25, 0.3) is 0 Å². The number of carbonyl (C=O) groups excluding carboxylic acids is 2. The van der Waals surface area contributed by atoms with Crippen molar-refractivity contribution < 1.29 is 9.59 Å². The molecule has 0 radical (unpaired) electrons. The van der Waals surface area contributed by atoms with Gasteiger partial charge in [-0.1, -0.05) is 46.4 Å². The zero-order valence-corrected chi connectivity index (χ0v) is 10.5. The number of hydrogen-bond donors (Lipinski definition) is 0. The number of benzene rings is 1. The van der Waals surface area contributed by atoms with Gasteiger partial charge in [-0.3, -0.25) is 9.59 Å². The van der Waals surface area contributed by atoms with E-state index >= 15 is 0 Å². The minimum Gasteiger partial charge on any atom is -0.288 e. The molecule has 0 saturated heterocycles. The van der Waals surface area contributed by atoms with Crippen LogP contribution in [0.1, 0.15) is 20.7 Å². The Morgan fingerprint density at radius 1 is 0.812 bits per heavy atom. The lowest BCUT2D eigenvalue weighted by Crippen LogP contribution is -2.18. The SMILES string of the molecule is O=C1C(Cl)=C(Cl)C(=O)c2c1ccc(Cl)c2Cl. The minimum atomic E-state index is -0.589. The molecule has 1 aliphatic rings. The van der Waals surface area contributed by atoms with E-state index in [1.807, 2.05) is 0 Å². The number of rotatable bonds is 0. The van der Waals surface area contributed by atoms with Gasteiger partial charge in [0.05, 0.1) is 15.6 Å². The molecule has 2 nitrogen and oxygen atoms in total. The summed E-state index contributed by atoms with van der Waals surface area (Å²) in [5.74, 6) is -1.12. The van der Waals surface area contributed by atoms with Gasteiger partial charge < -0.3 is 0 Å². The van der Waals surface area contributed by atoms with Crippen LogP contribution in [0, 0.1) is 0 Å². The van der Waals surface area contributed by atoms with Crippen molar-refractivity contribution in [1.29, 1.82) is 0 Å². The predicted octanol–water partition coefficient (Wildman–Crippen LogP) is 4.06. The molecule has 82 valence electrons. The van der Waals surface area contributed by atoms with E-state index < -0.39 is 11.6 Å². The molecule has 1 aromatic rings. The van der Waals surface area contributed by atoms with Gasteiger partial charge in [-0.15, -0.1) is 0 Å². The van der Waals surface area contributed by atoms with Crippen molar-refractivity contribution in [2.45, 2.75) is 0 Å². The van der Waals surface area contributed by atoms with E-state index in [9.17, 15) is 9.59 Å². The van der Waals surface area contributed by atoms with Gasteiger partial charge in [-0.2, -0.15) is 0 Å². The fourth-order valence-electron chi connectivity index (χ4n) is 1.39. The summed E-state index contributed by atoms with van der Waals surface area (Å²) < 4.78 is 0. The number of carbonyl (C=O) groups is 2. The summed E-state index contributed by atoms with van der Waals surface area (Å²) in [6, 6.07) is 2.83. The molecule has 0 spiro atoms. The Kier molecular flexibility index (Phi) is 3.01. The third-order valence-electron chi connectivity index (χ3n) is 2.16. The summed E-state index contributed by atoms with van der Waals surface area (Å²) in [6.07, 6.45) is 0. The zero-order chi connectivity index (χ0) is 12.0. The largest absolute Gasteiger partial charge is 0.288 e. The highest BCUT2D eigenvalue weighted by Crippen LogP contribution is 2.37. The monoisotopic (exact) mass is 294 g/mol. The quantitative estimate of drug-likeness (QED) is 0.723. The third-order valence-corrected chi connectivity index (χ3v) is 3.78. The van der Waals surface area contributed by atoms with Crippen molar-refractivity contribution in [1.82, 2.24) is 0 Å². The summed E-state index contributed by atoms with van der Waals surface area (Å²) in [4.78, 5) is 23.5. The molecule has 1 aliphatic carbocycles. The highest BCUT2D eigenvalue weighted by molar-refractivity contribution is 6.60. The average molecular weight is 296 g/mol. The normalized spacial score (nSPS) is 15.5. The van der Waals surface area contributed by atoms with E-state index in [2.05, 4.69) is 0 Å². The molecule has 1 aromatic carbocycles. The number of ketones is 2. The van der Waals surface area contributed by atoms with Crippen LogP contribution in [0.15, 0.2) is 22.2 Å². The van der Waals surface area contributed by atoms with Gasteiger partial charge in [0.1, 0.15) is 10.1 Å². The molecule has 6 heteroatoms. The molecule has 0 heterocycles. The van der Waals surface area contributed by atoms with Crippen LogP contribution in [0.4, 0.5) is 0 Å². The molecule has 0 amide bonds. The van der Waals surface area contributed by atoms with Crippen LogP contribution in [-0.2, 0) is 0 Å². The van der Waals surface area contributed by atoms with Crippen molar-refractivity contribution in [3.63, 3.8) is 0 Å². The van der Waals surface area contributed by atoms with Gasteiger partial charge in [0.15, 0.2) is 0 Å². The first-order valence-corrected chi connectivity index (χ1v) is 5.59. The lowest BCUT2D eigenvalue weighted by Gasteiger charge is -2.15. The maximum Gasteiger partial charge on any atom is 0.208 e. The second-order valence-corrected chi connectivity index (χ2v) is 4.61. The third kappa shape index (κ3) is 1.57. The number of fused-ring (bicyclic) bond motifs is 1. The van der Waals surface area contributed by atoms with E-state index in [0.29, 0.717) is 0 Å². The topological polar surface area (TPSA) is 34.1 Å². The second kappa shape index (κ2) is 4.04. The molecule has 2 rings (SSSR count). The van der Waals surface area contributed by atoms with Gasteiger partial charge in [-0.25, -0.2) is 0 Å². The summed E-state index contributed by atoms with van der Waals surface area (Å²) in [7, 11) is 0. The number of Topliss-reactive ketones (excluding diaryl/α,β-unsaturated/α-hetero) is 2. The van der Waals surface area contributed by atoms with Crippen molar-refractivity contribution in [2.75, 3.05) is 0 Å². The molecule has 0 bridgehead atoms. The Hall–Kier alpha value is -0.540. The Balaban J connectivity index is 2.82. The average Bonchev–Trinajstić information content (AvgIpc) is 2.27. The smallest absolute Gasteiger partial charge is 0.208 e. The highest BCUT2D eigenvalue weighted by atomic mass is 35.5. The molecule has 0 fully saturated rings. The molecule has 0 saturated carbocycles. The lowest BCUT2D eigenvalue weighted by molar-refractivity contribution is 0.0987. The van der Waals surface area contributed by atoms with Crippen molar-refractivity contribution in [2.24, 2.45) is 0 Å². The Labute approximate surface area is 111 Å². The Bertz CT molecular complexity index is 560. The van der Waals surface area contributed by atoms with Crippen LogP contribution in [0.3, 0.4) is 0 Å². The van der Waals surface area contributed by atoms with Crippen LogP contribution >= 0.6 is 46.4 Å². The van der Waals surface area contributed by atoms with E-state index in [4.69, 9.17) is 46.4 Å². The first kappa shape index (κ1) is 11.9. The zero-order valence-electron chi connectivity index (χ0n) is 7.48. The molecular weight excluding hydrogens is 294 g/mol.